The normalized spacial score (nSPS) is 11.5. The van der Waals surface area contributed by atoms with Gasteiger partial charge in [-0.25, -0.2) is 5.43 Å². The van der Waals surface area contributed by atoms with Gasteiger partial charge in [-0.3, -0.25) is 10.6 Å². The van der Waals surface area contributed by atoms with Crippen molar-refractivity contribution in [2.24, 2.45) is 5.84 Å². The summed E-state index contributed by atoms with van der Waals surface area (Å²) >= 11 is 0. The molecule has 0 bridgehead atoms. The SMILES string of the molecule is Cl.NNC(Cc1ccccc1)C(=O)O. The third-order valence-corrected chi connectivity index (χ3v) is 1.78. The van der Waals surface area contributed by atoms with E-state index in [9.17, 15) is 4.79 Å². The van der Waals surface area contributed by atoms with Crippen molar-refractivity contribution in [2.75, 3.05) is 0 Å². The lowest BCUT2D eigenvalue weighted by molar-refractivity contribution is -0.139. The van der Waals surface area contributed by atoms with E-state index in [1.54, 1.807) is 0 Å². The van der Waals surface area contributed by atoms with Crippen LogP contribution in [0.2, 0.25) is 0 Å². The molecule has 1 rings (SSSR count). The van der Waals surface area contributed by atoms with Gasteiger partial charge in [-0.15, -0.1) is 12.4 Å². The number of carboxylic acid groups (broad SMARTS) is 1. The van der Waals surface area contributed by atoms with Crippen molar-refractivity contribution in [1.82, 2.24) is 5.43 Å². The number of benzene rings is 1. The zero-order chi connectivity index (χ0) is 9.68. The second-order valence-corrected chi connectivity index (χ2v) is 2.75. The molecule has 1 aromatic rings. The second kappa shape index (κ2) is 6.37. The number of nitrogens with one attached hydrogen (secondary N) is 1. The highest BCUT2D eigenvalue weighted by atomic mass is 35.5. The summed E-state index contributed by atoms with van der Waals surface area (Å²) in [7, 11) is 0. The molecular formula is C9H13ClN2O2. The highest BCUT2D eigenvalue weighted by molar-refractivity contribution is 5.85. The average Bonchev–Trinajstić information content (AvgIpc) is 2.15. The van der Waals surface area contributed by atoms with Crippen LogP contribution in [0.25, 0.3) is 0 Å². The summed E-state index contributed by atoms with van der Waals surface area (Å²) in [5, 5.41) is 8.69. The smallest absolute Gasteiger partial charge is 0.322 e. The fourth-order valence-electron chi connectivity index (χ4n) is 1.07. The molecule has 5 heteroatoms. The van der Waals surface area contributed by atoms with E-state index >= 15 is 0 Å². The van der Waals surface area contributed by atoms with Crippen molar-refractivity contribution >= 4 is 18.4 Å². The Morgan fingerprint density at radius 2 is 2.00 bits per heavy atom. The van der Waals surface area contributed by atoms with Gasteiger partial charge in [0.25, 0.3) is 0 Å². The Morgan fingerprint density at radius 1 is 1.43 bits per heavy atom. The van der Waals surface area contributed by atoms with Gasteiger partial charge in [0, 0.05) is 0 Å². The second-order valence-electron chi connectivity index (χ2n) is 2.75. The quantitative estimate of drug-likeness (QED) is 0.508. The van der Waals surface area contributed by atoms with Crippen LogP contribution in [-0.4, -0.2) is 17.1 Å². The maximum absolute atomic E-state index is 10.6. The highest BCUT2D eigenvalue weighted by Gasteiger charge is 2.14. The Hall–Kier alpha value is -1.10. The predicted molar refractivity (Wildman–Crippen MR) is 56.1 cm³/mol. The number of carboxylic acids is 1. The molecule has 14 heavy (non-hydrogen) atoms. The van der Waals surface area contributed by atoms with Gasteiger partial charge in [0.05, 0.1) is 0 Å². The maximum atomic E-state index is 10.6. The van der Waals surface area contributed by atoms with Gasteiger partial charge in [-0.1, -0.05) is 30.3 Å². The van der Waals surface area contributed by atoms with E-state index in [1.807, 2.05) is 30.3 Å². The fraction of sp³-hybridized carbons (Fsp3) is 0.222. The van der Waals surface area contributed by atoms with E-state index in [0.29, 0.717) is 6.42 Å². The van der Waals surface area contributed by atoms with E-state index in [0.717, 1.165) is 5.56 Å². The molecule has 4 N–H and O–H groups in total. The van der Waals surface area contributed by atoms with Crippen molar-refractivity contribution in [3.05, 3.63) is 35.9 Å². The minimum atomic E-state index is -0.939. The molecule has 0 amide bonds. The molecule has 0 aliphatic carbocycles. The minimum Gasteiger partial charge on any atom is -0.480 e. The zero-order valence-electron chi connectivity index (χ0n) is 7.51. The van der Waals surface area contributed by atoms with E-state index in [1.165, 1.54) is 0 Å². The molecule has 0 heterocycles. The van der Waals surface area contributed by atoms with Crippen molar-refractivity contribution in [3.8, 4) is 0 Å². The molecule has 0 aromatic heterocycles. The van der Waals surface area contributed by atoms with Crippen LogP contribution in [-0.2, 0) is 11.2 Å². The van der Waals surface area contributed by atoms with Crippen molar-refractivity contribution in [1.29, 1.82) is 0 Å². The number of hydrazine groups is 1. The topological polar surface area (TPSA) is 75.3 Å². The third-order valence-electron chi connectivity index (χ3n) is 1.78. The van der Waals surface area contributed by atoms with Crippen LogP contribution in [0, 0.1) is 0 Å². The number of hydrogen-bond donors (Lipinski definition) is 3. The van der Waals surface area contributed by atoms with Crippen LogP contribution in [0.5, 0.6) is 0 Å². The van der Waals surface area contributed by atoms with Gasteiger partial charge in [-0.2, -0.15) is 0 Å². The molecule has 1 aromatic carbocycles. The van der Waals surface area contributed by atoms with E-state index in [2.05, 4.69) is 5.43 Å². The first-order valence-electron chi connectivity index (χ1n) is 3.97. The van der Waals surface area contributed by atoms with Gasteiger partial charge < -0.3 is 5.11 Å². The average molecular weight is 217 g/mol. The number of aliphatic carboxylic acids is 1. The molecule has 0 saturated heterocycles. The minimum absolute atomic E-state index is 0. The number of halogens is 1. The van der Waals surface area contributed by atoms with Crippen molar-refractivity contribution in [3.63, 3.8) is 0 Å². The highest BCUT2D eigenvalue weighted by Crippen LogP contribution is 2.02. The molecule has 0 aliphatic rings. The largest absolute Gasteiger partial charge is 0.480 e. The fourth-order valence-corrected chi connectivity index (χ4v) is 1.07. The first-order valence-corrected chi connectivity index (χ1v) is 3.97. The first-order chi connectivity index (χ1) is 6.24. The molecule has 1 atom stereocenters. The summed E-state index contributed by atoms with van der Waals surface area (Å²) in [6, 6.07) is 8.63. The lowest BCUT2D eigenvalue weighted by Crippen LogP contribution is -2.42. The summed E-state index contributed by atoms with van der Waals surface area (Å²) in [6.45, 7) is 0. The van der Waals surface area contributed by atoms with Crippen LogP contribution in [0.3, 0.4) is 0 Å². The Labute approximate surface area is 88.5 Å². The predicted octanol–water partition coefficient (Wildman–Crippen LogP) is 0.567. The molecule has 78 valence electrons. The van der Waals surface area contributed by atoms with Gasteiger partial charge >= 0.3 is 5.97 Å². The maximum Gasteiger partial charge on any atom is 0.322 e. The molecule has 1 unspecified atom stereocenters. The van der Waals surface area contributed by atoms with Gasteiger partial charge in [0.2, 0.25) is 0 Å². The van der Waals surface area contributed by atoms with Crippen LogP contribution in [0.1, 0.15) is 5.56 Å². The number of carbonyl (C=O) groups is 1. The monoisotopic (exact) mass is 216 g/mol. The Kier molecular flexibility index (Phi) is 5.87. The van der Waals surface area contributed by atoms with E-state index < -0.39 is 12.0 Å². The number of hydrogen-bond acceptors (Lipinski definition) is 3. The molecule has 0 spiro atoms. The molecule has 0 aliphatic heterocycles. The zero-order valence-corrected chi connectivity index (χ0v) is 8.33. The van der Waals surface area contributed by atoms with Crippen LogP contribution < -0.4 is 11.3 Å². The summed E-state index contributed by atoms with van der Waals surface area (Å²) in [6.07, 6.45) is 0.396. The summed E-state index contributed by atoms with van der Waals surface area (Å²) < 4.78 is 0. The number of rotatable bonds is 4. The first kappa shape index (κ1) is 12.9. The standard InChI is InChI=1S/C9H12N2O2.ClH/c10-11-8(9(12)13)6-7-4-2-1-3-5-7;/h1-5,8,11H,6,10H2,(H,12,13);1H. The lowest BCUT2D eigenvalue weighted by Gasteiger charge is -2.09. The van der Waals surface area contributed by atoms with E-state index in [-0.39, 0.29) is 12.4 Å². The molecule has 0 saturated carbocycles. The van der Waals surface area contributed by atoms with Gasteiger partial charge in [0.15, 0.2) is 0 Å². The molecule has 0 fully saturated rings. The Bertz CT molecular complexity index is 279. The Balaban J connectivity index is 0.00000169. The molecular weight excluding hydrogens is 204 g/mol. The van der Waals surface area contributed by atoms with E-state index in [4.69, 9.17) is 10.9 Å². The summed E-state index contributed by atoms with van der Waals surface area (Å²) in [4.78, 5) is 10.6. The van der Waals surface area contributed by atoms with Gasteiger partial charge in [-0.05, 0) is 12.0 Å². The van der Waals surface area contributed by atoms with Crippen molar-refractivity contribution < 1.29 is 9.90 Å². The van der Waals surface area contributed by atoms with Crippen molar-refractivity contribution in [2.45, 2.75) is 12.5 Å². The summed E-state index contributed by atoms with van der Waals surface area (Å²) in [5.74, 6) is 4.15. The summed E-state index contributed by atoms with van der Waals surface area (Å²) in [5.41, 5.74) is 3.20. The van der Waals surface area contributed by atoms with Crippen LogP contribution in [0.4, 0.5) is 0 Å². The molecule has 0 radical (unpaired) electrons. The Morgan fingerprint density at radius 3 is 2.43 bits per heavy atom. The van der Waals surface area contributed by atoms with Crippen LogP contribution in [0.15, 0.2) is 30.3 Å². The number of nitrogens with two attached hydrogens (primary N) is 1. The van der Waals surface area contributed by atoms with Gasteiger partial charge in [0.1, 0.15) is 6.04 Å². The van der Waals surface area contributed by atoms with Crippen LogP contribution >= 0.6 is 12.4 Å². The third kappa shape index (κ3) is 3.74. The molecule has 4 nitrogen and oxygen atoms in total. The lowest BCUT2D eigenvalue weighted by atomic mass is 10.1.